The van der Waals surface area contributed by atoms with Gasteiger partial charge in [0.2, 0.25) is 5.91 Å². The van der Waals surface area contributed by atoms with Gasteiger partial charge in [-0.2, -0.15) is 0 Å². The molecule has 3 rings (SSSR count). The van der Waals surface area contributed by atoms with E-state index in [2.05, 4.69) is 20.6 Å². The van der Waals surface area contributed by atoms with E-state index in [4.69, 9.17) is 0 Å². The highest BCUT2D eigenvalue weighted by Crippen LogP contribution is 2.16. The Balaban J connectivity index is 0.00000133. The number of aromatic nitrogens is 2. The quantitative estimate of drug-likeness (QED) is 0.882. The second-order valence-electron chi connectivity index (χ2n) is 4.02. The van der Waals surface area contributed by atoms with Crippen molar-refractivity contribution in [3.63, 3.8) is 0 Å². The van der Waals surface area contributed by atoms with Crippen LogP contribution in [0.4, 0.5) is 5.69 Å². The number of nitrogens with one attached hydrogen (secondary N) is 2. The first-order valence-corrected chi connectivity index (χ1v) is 6.81. The third-order valence-corrected chi connectivity index (χ3v) is 3.71. The number of hydrogen-bond donors (Lipinski definition) is 2. The number of carbonyl (C=O) groups is 1. The first kappa shape index (κ1) is 14.0. The Morgan fingerprint density at radius 3 is 2.84 bits per heavy atom. The van der Waals surface area contributed by atoms with E-state index in [9.17, 15) is 4.79 Å². The maximum atomic E-state index is 11.9. The minimum Gasteiger partial charge on any atom is -0.325 e. The fourth-order valence-electron chi connectivity index (χ4n) is 1.83. The number of anilines is 1. The molecule has 1 fully saturated rings. The van der Waals surface area contributed by atoms with Gasteiger partial charge in [0.05, 0.1) is 17.1 Å². The Morgan fingerprint density at radius 2 is 2.11 bits per heavy atom. The molecule has 1 atom stereocenters. The molecule has 1 aliphatic rings. The number of halogens is 1. The lowest BCUT2D eigenvalue weighted by Gasteiger charge is -2.10. The topological polar surface area (TPSA) is 66.9 Å². The number of rotatable bonds is 2. The van der Waals surface area contributed by atoms with Crippen molar-refractivity contribution in [2.45, 2.75) is 6.04 Å². The molecule has 0 bridgehead atoms. The second kappa shape index (κ2) is 6.18. The molecule has 0 spiro atoms. The SMILES string of the molecule is Cl.O=C(Nc1ccc2nccnc2c1)C1CSCN1. The molecular formula is C12H13ClN4OS. The van der Waals surface area contributed by atoms with Gasteiger partial charge in [0.1, 0.15) is 0 Å². The number of fused-ring (bicyclic) bond motifs is 1. The third kappa shape index (κ3) is 3.15. The van der Waals surface area contributed by atoms with Crippen LogP contribution in [-0.4, -0.2) is 33.5 Å². The minimum absolute atomic E-state index is 0. The normalized spacial score (nSPS) is 18.0. The largest absolute Gasteiger partial charge is 0.325 e. The number of hydrogen-bond acceptors (Lipinski definition) is 5. The fourth-order valence-corrected chi connectivity index (χ4v) is 2.78. The first-order valence-electron chi connectivity index (χ1n) is 5.66. The first-order chi connectivity index (χ1) is 8.83. The summed E-state index contributed by atoms with van der Waals surface area (Å²) >= 11 is 1.73. The van der Waals surface area contributed by atoms with Crippen molar-refractivity contribution in [1.82, 2.24) is 15.3 Å². The lowest BCUT2D eigenvalue weighted by molar-refractivity contribution is -0.117. The number of nitrogens with zero attached hydrogens (tertiary/aromatic N) is 2. The molecule has 1 aromatic heterocycles. The molecule has 0 saturated carbocycles. The van der Waals surface area contributed by atoms with Crippen LogP contribution in [0.5, 0.6) is 0 Å². The van der Waals surface area contributed by atoms with Crippen molar-refractivity contribution in [2.24, 2.45) is 0 Å². The van der Waals surface area contributed by atoms with Crippen LogP contribution in [0.1, 0.15) is 0 Å². The van der Waals surface area contributed by atoms with E-state index in [1.165, 1.54) is 0 Å². The van der Waals surface area contributed by atoms with Gasteiger partial charge in [-0.15, -0.1) is 24.2 Å². The molecule has 0 aliphatic carbocycles. The Kier molecular flexibility index (Phi) is 4.57. The highest BCUT2D eigenvalue weighted by Gasteiger charge is 2.22. The molecule has 2 N–H and O–H groups in total. The number of thioether (sulfide) groups is 1. The summed E-state index contributed by atoms with van der Waals surface area (Å²) in [7, 11) is 0. The van der Waals surface area contributed by atoms with E-state index in [0.29, 0.717) is 0 Å². The summed E-state index contributed by atoms with van der Waals surface area (Å²) in [5, 5.41) is 6.03. The Hall–Kier alpha value is -1.37. The van der Waals surface area contributed by atoms with Gasteiger partial charge < -0.3 is 5.32 Å². The molecule has 1 unspecified atom stereocenters. The summed E-state index contributed by atoms with van der Waals surface area (Å²) in [6, 6.07) is 5.43. The van der Waals surface area contributed by atoms with Crippen LogP contribution < -0.4 is 10.6 Å². The van der Waals surface area contributed by atoms with E-state index in [0.717, 1.165) is 28.4 Å². The molecule has 1 amide bonds. The molecule has 1 aliphatic heterocycles. The van der Waals surface area contributed by atoms with E-state index < -0.39 is 0 Å². The lowest BCUT2D eigenvalue weighted by Crippen LogP contribution is -2.37. The molecule has 19 heavy (non-hydrogen) atoms. The Morgan fingerprint density at radius 1 is 1.32 bits per heavy atom. The molecule has 1 aromatic carbocycles. The summed E-state index contributed by atoms with van der Waals surface area (Å²) in [4.78, 5) is 20.3. The van der Waals surface area contributed by atoms with Crippen LogP contribution in [0, 0.1) is 0 Å². The molecule has 5 nitrogen and oxygen atoms in total. The van der Waals surface area contributed by atoms with E-state index in [1.54, 1.807) is 24.2 Å². The number of amides is 1. The second-order valence-corrected chi connectivity index (χ2v) is 5.05. The monoisotopic (exact) mass is 296 g/mol. The van der Waals surface area contributed by atoms with Crippen LogP contribution >= 0.6 is 24.2 Å². The van der Waals surface area contributed by atoms with Gasteiger partial charge in [0.25, 0.3) is 0 Å². The maximum Gasteiger partial charge on any atom is 0.242 e. The molecule has 1 saturated heterocycles. The predicted molar refractivity (Wildman–Crippen MR) is 79.7 cm³/mol. The summed E-state index contributed by atoms with van der Waals surface area (Å²) < 4.78 is 0. The number of carbonyl (C=O) groups excluding carboxylic acids is 1. The van der Waals surface area contributed by atoms with Gasteiger partial charge in [-0.05, 0) is 18.2 Å². The highest BCUT2D eigenvalue weighted by molar-refractivity contribution is 7.99. The minimum atomic E-state index is -0.104. The Labute approximate surface area is 121 Å². The van der Waals surface area contributed by atoms with E-state index in [1.807, 2.05) is 18.2 Å². The summed E-state index contributed by atoms with van der Waals surface area (Å²) in [6.45, 7) is 0. The van der Waals surface area contributed by atoms with Crippen molar-refractivity contribution in [2.75, 3.05) is 16.9 Å². The summed E-state index contributed by atoms with van der Waals surface area (Å²) in [5.74, 6) is 1.66. The smallest absolute Gasteiger partial charge is 0.242 e. The standard InChI is InChI=1S/C12H12N4OS.ClH/c17-12(11-6-18-7-15-11)16-8-1-2-9-10(5-8)14-4-3-13-9;/h1-5,11,15H,6-7H2,(H,16,17);1H. The van der Waals surface area contributed by atoms with Crippen molar-refractivity contribution in [1.29, 1.82) is 0 Å². The van der Waals surface area contributed by atoms with Crippen LogP contribution in [0.2, 0.25) is 0 Å². The van der Waals surface area contributed by atoms with Gasteiger partial charge in [0.15, 0.2) is 0 Å². The maximum absolute atomic E-state index is 11.9. The molecule has 2 aromatic rings. The zero-order chi connectivity index (χ0) is 12.4. The van der Waals surface area contributed by atoms with Crippen molar-refractivity contribution >= 4 is 46.8 Å². The zero-order valence-electron chi connectivity index (χ0n) is 10.00. The molecule has 100 valence electrons. The average molecular weight is 297 g/mol. The third-order valence-electron chi connectivity index (χ3n) is 2.77. The zero-order valence-corrected chi connectivity index (χ0v) is 11.6. The van der Waals surface area contributed by atoms with Crippen LogP contribution in [0.25, 0.3) is 11.0 Å². The summed E-state index contributed by atoms with van der Waals surface area (Å²) in [6.07, 6.45) is 3.29. The molecular weight excluding hydrogens is 284 g/mol. The Bertz CT molecular complexity index is 589. The van der Waals surface area contributed by atoms with Crippen LogP contribution in [0.15, 0.2) is 30.6 Å². The molecule has 0 radical (unpaired) electrons. The van der Waals surface area contributed by atoms with Gasteiger partial charge >= 0.3 is 0 Å². The molecule has 2 heterocycles. The van der Waals surface area contributed by atoms with E-state index >= 15 is 0 Å². The summed E-state index contributed by atoms with van der Waals surface area (Å²) in [5.41, 5.74) is 2.36. The fraction of sp³-hybridized carbons (Fsp3) is 0.250. The van der Waals surface area contributed by atoms with Crippen LogP contribution in [-0.2, 0) is 4.79 Å². The van der Waals surface area contributed by atoms with Crippen molar-refractivity contribution in [3.05, 3.63) is 30.6 Å². The van der Waals surface area contributed by atoms with Crippen molar-refractivity contribution in [3.8, 4) is 0 Å². The average Bonchev–Trinajstić information content (AvgIpc) is 2.92. The van der Waals surface area contributed by atoms with Crippen molar-refractivity contribution < 1.29 is 4.79 Å². The van der Waals surface area contributed by atoms with Gasteiger partial charge in [0, 0.05) is 29.7 Å². The van der Waals surface area contributed by atoms with E-state index in [-0.39, 0.29) is 24.4 Å². The van der Waals surface area contributed by atoms with Gasteiger partial charge in [-0.1, -0.05) is 0 Å². The predicted octanol–water partition coefficient (Wildman–Crippen LogP) is 1.65. The van der Waals surface area contributed by atoms with Gasteiger partial charge in [-0.25, -0.2) is 0 Å². The molecule has 7 heteroatoms. The van der Waals surface area contributed by atoms with Gasteiger partial charge in [-0.3, -0.25) is 20.1 Å². The highest BCUT2D eigenvalue weighted by atomic mass is 35.5. The lowest BCUT2D eigenvalue weighted by atomic mass is 10.2. The number of benzene rings is 1. The van der Waals surface area contributed by atoms with Crippen LogP contribution in [0.3, 0.4) is 0 Å².